The summed E-state index contributed by atoms with van der Waals surface area (Å²) in [4.78, 5) is 34.9. The number of fused-ring (bicyclic) bond motifs is 3. The van der Waals surface area contributed by atoms with Crippen LogP contribution in [0.25, 0.3) is 21.9 Å². The number of hydrogen-bond acceptors (Lipinski definition) is 11. The summed E-state index contributed by atoms with van der Waals surface area (Å²) >= 11 is 0. The molecule has 13 heteroatoms. The van der Waals surface area contributed by atoms with Gasteiger partial charge in [-0.25, -0.2) is 4.79 Å². The summed E-state index contributed by atoms with van der Waals surface area (Å²) in [5, 5.41) is 39.1. The molecule has 438 valence electrons. The van der Waals surface area contributed by atoms with Gasteiger partial charge in [-0.05, 0) is 125 Å². The number of nitro groups is 1. The normalized spacial score (nSPS) is 20.2. The molecular formula is C70H83N3O10. The molecule has 2 N–H and O–H groups in total. The van der Waals surface area contributed by atoms with E-state index < -0.39 is 28.8 Å². The van der Waals surface area contributed by atoms with Crippen molar-refractivity contribution in [3.63, 3.8) is 0 Å². The van der Waals surface area contributed by atoms with Gasteiger partial charge in [-0.2, -0.15) is 0 Å². The molecule has 0 radical (unpaired) electrons. The summed E-state index contributed by atoms with van der Waals surface area (Å²) in [6.45, 7) is 7.04. The number of unbranched alkanes of at least 4 members (excludes halogenated alkanes) is 11. The lowest BCUT2D eigenvalue weighted by Gasteiger charge is -2.59. The van der Waals surface area contributed by atoms with Gasteiger partial charge in [0.25, 0.3) is 5.69 Å². The van der Waals surface area contributed by atoms with Crippen LogP contribution in [0.15, 0.2) is 169 Å². The number of aliphatic hydroxyl groups excluding tert-OH is 2. The van der Waals surface area contributed by atoms with E-state index in [1.165, 1.54) is 50.7 Å². The van der Waals surface area contributed by atoms with Gasteiger partial charge in [0.05, 0.1) is 36.3 Å². The van der Waals surface area contributed by atoms with Crippen LogP contribution in [0.5, 0.6) is 17.2 Å². The number of benzene rings is 6. The van der Waals surface area contributed by atoms with E-state index in [2.05, 4.69) is 74.2 Å². The first-order valence-corrected chi connectivity index (χ1v) is 30.4. The molecule has 0 bridgehead atoms. The molecule has 83 heavy (non-hydrogen) atoms. The van der Waals surface area contributed by atoms with Crippen molar-refractivity contribution in [3.8, 4) is 28.4 Å². The molecule has 1 saturated carbocycles. The number of amides is 1. The predicted molar refractivity (Wildman–Crippen MR) is 327 cm³/mol. The van der Waals surface area contributed by atoms with Gasteiger partial charge in [-0.3, -0.25) is 15.0 Å². The van der Waals surface area contributed by atoms with Gasteiger partial charge < -0.3 is 34.0 Å². The van der Waals surface area contributed by atoms with Crippen molar-refractivity contribution in [2.24, 2.45) is 22.9 Å². The van der Waals surface area contributed by atoms with Gasteiger partial charge in [0.2, 0.25) is 5.79 Å². The molecule has 13 nitrogen and oxygen atoms in total. The van der Waals surface area contributed by atoms with Gasteiger partial charge >= 0.3 is 6.09 Å². The van der Waals surface area contributed by atoms with Crippen LogP contribution >= 0.6 is 0 Å². The molecule has 6 aromatic carbocycles. The largest absolute Gasteiger partial charge is 0.459 e. The molecule has 1 amide bonds. The minimum Gasteiger partial charge on any atom is -0.459 e. The van der Waals surface area contributed by atoms with Crippen LogP contribution in [0.4, 0.5) is 10.5 Å². The molecular weight excluding hydrogens is 1040 g/mol. The topological polar surface area (TPSA) is 162 Å². The quantitative estimate of drug-likeness (QED) is 0.0180. The third-order valence-corrected chi connectivity index (χ3v) is 16.9. The molecule has 1 aliphatic heterocycles. The van der Waals surface area contributed by atoms with E-state index in [1.54, 1.807) is 23.1 Å². The highest BCUT2D eigenvalue weighted by molar-refractivity contribution is 6.03. The Kier molecular flexibility index (Phi) is 22.0. The number of non-ortho nitro benzene ring substituents is 1. The Balaban J connectivity index is 1.16. The van der Waals surface area contributed by atoms with E-state index in [0.29, 0.717) is 41.4 Å². The second-order valence-electron chi connectivity index (χ2n) is 22.5. The van der Waals surface area contributed by atoms with Crippen molar-refractivity contribution < 1.29 is 43.7 Å². The molecule has 1 fully saturated rings. The van der Waals surface area contributed by atoms with Crippen molar-refractivity contribution in [1.29, 1.82) is 0 Å². The number of hydrogen-bond donors (Lipinski definition) is 2. The number of aliphatic hydroxyl groups is 2. The first kappa shape index (κ1) is 60.3. The Morgan fingerprint density at radius 1 is 0.771 bits per heavy atom. The second-order valence-corrected chi connectivity index (χ2v) is 22.5. The average molecular weight is 1130 g/mol. The summed E-state index contributed by atoms with van der Waals surface area (Å²) in [6.07, 6.45) is 19.5. The molecule has 0 spiro atoms. The highest BCUT2D eigenvalue weighted by Gasteiger charge is 2.66. The van der Waals surface area contributed by atoms with E-state index in [-0.39, 0.29) is 69.4 Å². The fourth-order valence-corrected chi connectivity index (χ4v) is 12.8. The second kappa shape index (κ2) is 30.3. The molecule has 3 aliphatic rings. The Bertz CT molecular complexity index is 3100. The van der Waals surface area contributed by atoms with Crippen molar-refractivity contribution >= 4 is 28.3 Å². The molecule has 2 aliphatic carbocycles. The number of oxime groups is 1. The Morgan fingerprint density at radius 3 is 2.17 bits per heavy atom. The number of ether oxygens (including phenoxy) is 4. The summed E-state index contributed by atoms with van der Waals surface area (Å²) in [7, 11) is 0. The van der Waals surface area contributed by atoms with E-state index in [9.17, 15) is 20.3 Å². The van der Waals surface area contributed by atoms with Crippen LogP contribution in [0.2, 0.25) is 0 Å². The number of allylic oxidation sites excluding steroid dienone is 1. The summed E-state index contributed by atoms with van der Waals surface area (Å²) < 4.78 is 28.1. The molecule has 1 heterocycles. The first-order chi connectivity index (χ1) is 40.7. The highest BCUT2D eigenvalue weighted by atomic mass is 16.7. The average Bonchev–Trinajstić information content (AvgIpc) is 1.21. The van der Waals surface area contributed by atoms with Crippen LogP contribution in [0, 0.1) is 27.9 Å². The minimum absolute atomic E-state index is 0.0103. The van der Waals surface area contributed by atoms with E-state index in [4.69, 9.17) is 28.9 Å². The molecule has 0 aromatic heterocycles. The molecule has 6 unspecified atom stereocenters. The number of carbonyl (C=O) groups is 1. The fourth-order valence-electron chi connectivity index (χ4n) is 12.8. The summed E-state index contributed by atoms with van der Waals surface area (Å²) in [5.74, 6) is -0.576. The van der Waals surface area contributed by atoms with Gasteiger partial charge in [0, 0.05) is 43.2 Å². The Morgan fingerprint density at radius 2 is 1.45 bits per heavy atom. The smallest absolute Gasteiger partial charge is 0.410 e. The number of nitro benzene ring substituents is 1. The molecule has 0 saturated heterocycles. The van der Waals surface area contributed by atoms with Gasteiger partial charge in [0.1, 0.15) is 29.9 Å². The summed E-state index contributed by atoms with van der Waals surface area (Å²) in [6, 6.07) is 44.0. The lowest BCUT2D eigenvalue weighted by molar-refractivity contribution is -0.384. The lowest BCUT2D eigenvalue weighted by atomic mass is 9.55. The van der Waals surface area contributed by atoms with Crippen molar-refractivity contribution in [3.05, 3.63) is 191 Å². The number of carbonyl (C=O) groups excluding carboxylic acids is 1. The Labute approximate surface area is 490 Å². The first-order valence-electron chi connectivity index (χ1n) is 30.4. The lowest BCUT2D eigenvalue weighted by Crippen LogP contribution is -2.70. The van der Waals surface area contributed by atoms with Crippen molar-refractivity contribution in [2.45, 2.75) is 147 Å². The van der Waals surface area contributed by atoms with Crippen LogP contribution < -0.4 is 9.47 Å². The van der Waals surface area contributed by atoms with Crippen molar-refractivity contribution in [2.75, 3.05) is 26.4 Å². The van der Waals surface area contributed by atoms with Gasteiger partial charge in [-0.15, -0.1) is 6.58 Å². The summed E-state index contributed by atoms with van der Waals surface area (Å²) in [5.41, 5.74) is 6.20. The standard InChI is InChI=1S/C70H83N3O10/c1-3-5-6-7-8-9-10-11-12-22-45-79-69(76)72(49-56-29-23-28-54-26-16-17-30-60(54)56)66-48-64(71-81-50-51-32-36-57(37-33-51)73(77)78)62-46-55(27-18-20-42-74)61(31-19-21-43-75)67-63-47-59(40-41-65(63)83-70(66,68(62)67)80-44-4-2)82-58-38-34-53(35-39-58)52-24-14-13-15-25-52/h4,13-17,23-26,28-30,32-41,46-47,55,61,66-68,74-75H,2-3,5-12,18-22,27,31,42-45,48-50H2,1H3. The zero-order chi connectivity index (χ0) is 57.8. The predicted octanol–water partition coefficient (Wildman–Crippen LogP) is 16.6. The zero-order valence-electron chi connectivity index (χ0n) is 48.3. The van der Waals surface area contributed by atoms with E-state index >= 15 is 4.79 Å². The van der Waals surface area contributed by atoms with E-state index in [1.807, 2.05) is 60.7 Å². The maximum absolute atomic E-state index is 15.5. The monoisotopic (exact) mass is 1130 g/mol. The minimum atomic E-state index is -1.54. The zero-order valence-corrected chi connectivity index (χ0v) is 48.3. The maximum Gasteiger partial charge on any atom is 0.410 e. The van der Waals surface area contributed by atoms with Crippen LogP contribution in [0.1, 0.15) is 139 Å². The third kappa shape index (κ3) is 15.1. The van der Waals surface area contributed by atoms with Crippen LogP contribution in [-0.2, 0) is 27.5 Å². The van der Waals surface area contributed by atoms with Gasteiger partial charge in [-0.1, -0.05) is 180 Å². The Hall–Kier alpha value is -7.32. The van der Waals surface area contributed by atoms with Crippen molar-refractivity contribution in [1.82, 2.24) is 4.90 Å². The molecule has 6 aromatic rings. The highest BCUT2D eigenvalue weighted by Crippen LogP contribution is 2.62. The van der Waals surface area contributed by atoms with Gasteiger partial charge in [0.15, 0.2) is 0 Å². The van der Waals surface area contributed by atoms with Crippen LogP contribution in [0.3, 0.4) is 0 Å². The number of rotatable bonds is 32. The fraction of sp³-hybridized carbons (Fsp3) is 0.429. The maximum atomic E-state index is 15.5. The third-order valence-electron chi connectivity index (χ3n) is 16.9. The molecule has 9 rings (SSSR count). The van der Waals surface area contributed by atoms with E-state index in [0.717, 1.165) is 90.0 Å². The molecule has 6 atom stereocenters. The number of nitrogens with zero attached hydrogens (tertiary/aromatic N) is 3. The van der Waals surface area contributed by atoms with Crippen LogP contribution in [-0.4, -0.2) is 70.1 Å². The SMILES string of the molecule is C=CCOC12Oc3ccc(Oc4ccc(-c5ccccc5)cc4)cc3C3C(CCCCO)C(CCCCO)C=C(C(=NOCc4ccc([N+](=O)[O-])cc4)CC1N(Cc1cccc4ccccc14)C(=O)OCCCCCCCCCCCC)C32.